The number of rotatable bonds is 2. The predicted molar refractivity (Wildman–Crippen MR) is 47.7 cm³/mol. The van der Waals surface area contributed by atoms with Crippen molar-refractivity contribution in [1.29, 1.82) is 0 Å². The van der Waals surface area contributed by atoms with Crippen LogP contribution >= 0.6 is 11.3 Å². The van der Waals surface area contributed by atoms with Gasteiger partial charge >= 0.3 is 5.97 Å². The Labute approximate surface area is 79.0 Å². The van der Waals surface area contributed by atoms with E-state index in [0.717, 1.165) is 4.88 Å². The Morgan fingerprint density at radius 3 is 3.23 bits per heavy atom. The molecule has 0 saturated heterocycles. The van der Waals surface area contributed by atoms with Gasteiger partial charge in [-0.3, -0.25) is 4.79 Å². The molecule has 1 unspecified atom stereocenters. The molecule has 1 aromatic heterocycles. The first-order valence-electron chi connectivity index (χ1n) is 4.09. The lowest BCUT2D eigenvalue weighted by Gasteiger charge is -2.16. The van der Waals surface area contributed by atoms with Gasteiger partial charge in [0.05, 0.1) is 6.42 Å². The normalized spacial score (nSPS) is 25.9. The van der Waals surface area contributed by atoms with Crippen molar-refractivity contribution < 1.29 is 14.3 Å². The summed E-state index contributed by atoms with van der Waals surface area (Å²) in [6.07, 6.45) is 0.592. The molecule has 1 N–H and O–H groups in total. The molecule has 1 atom stereocenters. The first-order valence-corrected chi connectivity index (χ1v) is 4.97. The van der Waals surface area contributed by atoms with Gasteiger partial charge in [0, 0.05) is 10.4 Å². The summed E-state index contributed by atoms with van der Waals surface area (Å²) < 4.78 is 14.0. The predicted octanol–water partition coefficient (Wildman–Crippen LogP) is 2.33. The van der Waals surface area contributed by atoms with Gasteiger partial charge in [0.2, 0.25) is 0 Å². The number of carboxylic acids is 1. The molecule has 0 fully saturated rings. The Hall–Kier alpha value is -0.900. The van der Waals surface area contributed by atoms with Gasteiger partial charge in [-0.05, 0) is 24.3 Å². The molecule has 0 radical (unpaired) electrons. The number of thiophene rings is 1. The second-order valence-corrected chi connectivity index (χ2v) is 4.29. The van der Waals surface area contributed by atoms with Crippen LogP contribution in [0.3, 0.4) is 0 Å². The topological polar surface area (TPSA) is 37.3 Å². The molecule has 0 spiro atoms. The number of fused-ring (bicyclic) bond motifs is 1. The number of aliphatic carboxylic acids is 1. The Morgan fingerprint density at radius 2 is 2.54 bits per heavy atom. The number of alkyl halides is 1. The quantitative estimate of drug-likeness (QED) is 0.795. The summed E-state index contributed by atoms with van der Waals surface area (Å²) in [6, 6.07) is 1.70. The average Bonchev–Trinajstić information content (AvgIpc) is 2.54. The summed E-state index contributed by atoms with van der Waals surface area (Å²) in [4.78, 5) is 11.5. The average molecular weight is 200 g/mol. The summed E-state index contributed by atoms with van der Waals surface area (Å²) in [6.45, 7) is 0. The summed E-state index contributed by atoms with van der Waals surface area (Å²) in [5.41, 5.74) is -1.01. The van der Waals surface area contributed by atoms with Gasteiger partial charge < -0.3 is 5.11 Å². The van der Waals surface area contributed by atoms with Crippen molar-refractivity contribution in [1.82, 2.24) is 0 Å². The van der Waals surface area contributed by atoms with E-state index in [-0.39, 0.29) is 0 Å². The summed E-state index contributed by atoms with van der Waals surface area (Å²) in [5.74, 6) is -1.07. The molecular formula is C9H9FO2S. The number of halogens is 1. The third-order valence-electron chi connectivity index (χ3n) is 2.41. The highest BCUT2D eigenvalue weighted by atomic mass is 32.1. The number of carbonyl (C=O) groups is 1. The zero-order valence-electron chi connectivity index (χ0n) is 6.92. The summed E-state index contributed by atoms with van der Waals surface area (Å²) in [5, 5.41) is 10.4. The number of hydrogen-bond donors (Lipinski definition) is 1. The molecule has 0 bridgehead atoms. The van der Waals surface area contributed by atoms with E-state index in [1.165, 1.54) is 11.3 Å². The number of hydrogen-bond acceptors (Lipinski definition) is 2. The fraction of sp³-hybridized carbons (Fsp3) is 0.444. The lowest BCUT2D eigenvalue weighted by atomic mass is 9.96. The minimum atomic E-state index is -1.61. The Bertz CT molecular complexity index is 347. The molecule has 0 amide bonds. The van der Waals surface area contributed by atoms with Crippen LogP contribution in [0, 0.1) is 0 Å². The monoisotopic (exact) mass is 200 g/mol. The maximum absolute atomic E-state index is 14.0. The highest BCUT2D eigenvalue weighted by molar-refractivity contribution is 7.10. The van der Waals surface area contributed by atoms with Gasteiger partial charge in [0.25, 0.3) is 0 Å². The molecule has 1 heterocycles. The van der Waals surface area contributed by atoms with Crippen LogP contribution in [0.15, 0.2) is 11.4 Å². The molecule has 70 valence electrons. The van der Waals surface area contributed by atoms with Crippen LogP contribution < -0.4 is 0 Å². The number of aryl methyl sites for hydroxylation is 1. The first kappa shape index (κ1) is 8.69. The summed E-state index contributed by atoms with van der Waals surface area (Å²) in [7, 11) is 0. The van der Waals surface area contributed by atoms with Gasteiger partial charge in [-0.15, -0.1) is 11.3 Å². The van der Waals surface area contributed by atoms with E-state index in [2.05, 4.69) is 0 Å². The maximum Gasteiger partial charge on any atom is 0.306 e. The van der Waals surface area contributed by atoms with Crippen LogP contribution in [-0.4, -0.2) is 11.1 Å². The van der Waals surface area contributed by atoms with Crippen molar-refractivity contribution in [3.8, 4) is 0 Å². The SMILES string of the molecule is O=C(O)CC1(F)CCc2sccc21. The van der Waals surface area contributed by atoms with E-state index in [4.69, 9.17) is 5.11 Å². The second kappa shape index (κ2) is 2.80. The molecular weight excluding hydrogens is 191 g/mol. The van der Waals surface area contributed by atoms with E-state index in [1.807, 2.05) is 5.38 Å². The Balaban J connectivity index is 2.32. The van der Waals surface area contributed by atoms with Gasteiger partial charge in [0.1, 0.15) is 5.67 Å². The largest absolute Gasteiger partial charge is 0.481 e. The smallest absolute Gasteiger partial charge is 0.306 e. The van der Waals surface area contributed by atoms with Crippen molar-refractivity contribution >= 4 is 17.3 Å². The molecule has 0 aromatic carbocycles. The molecule has 0 saturated carbocycles. The van der Waals surface area contributed by atoms with Crippen LogP contribution in [0.2, 0.25) is 0 Å². The van der Waals surface area contributed by atoms with Crippen LogP contribution in [0.4, 0.5) is 4.39 Å². The second-order valence-electron chi connectivity index (χ2n) is 3.29. The fourth-order valence-electron chi connectivity index (χ4n) is 1.80. The van der Waals surface area contributed by atoms with Crippen molar-refractivity contribution in [2.24, 2.45) is 0 Å². The molecule has 1 aliphatic rings. The highest BCUT2D eigenvalue weighted by Gasteiger charge is 2.41. The van der Waals surface area contributed by atoms with Gasteiger partial charge in [-0.1, -0.05) is 0 Å². The first-order chi connectivity index (χ1) is 6.12. The molecule has 13 heavy (non-hydrogen) atoms. The molecule has 2 rings (SSSR count). The molecule has 0 aliphatic heterocycles. The minimum Gasteiger partial charge on any atom is -0.481 e. The lowest BCUT2D eigenvalue weighted by Crippen LogP contribution is -2.20. The highest BCUT2D eigenvalue weighted by Crippen LogP contribution is 2.45. The van der Waals surface area contributed by atoms with E-state index in [9.17, 15) is 9.18 Å². The van der Waals surface area contributed by atoms with Gasteiger partial charge in [0.15, 0.2) is 0 Å². The van der Waals surface area contributed by atoms with Gasteiger partial charge in [-0.2, -0.15) is 0 Å². The van der Waals surface area contributed by atoms with Crippen LogP contribution in [0.25, 0.3) is 0 Å². The lowest BCUT2D eigenvalue weighted by molar-refractivity contribution is -0.140. The van der Waals surface area contributed by atoms with E-state index >= 15 is 0 Å². The van der Waals surface area contributed by atoms with Crippen LogP contribution in [0.1, 0.15) is 23.3 Å². The van der Waals surface area contributed by atoms with Crippen molar-refractivity contribution in [2.45, 2.75) is 24.9 Å². The van der Waals surface area contributed by atoms with E-state index in [0.29, 0.717) is 18.4 Å². The van der Waals surface area contributed by atoms with Crippen molar-refractivity contribution in [3.05, 3.63) is 21.9 Å². The zero-order chi connectivity index (χ0) is 9.47. The maximum atomic E-state index is 14.0. The Kier molecular flexibility index (Phi) is 1.87. The summed E-state index contributed by atoms with van der Waals surface area (Å²) >= 11 is 1.51. The standard InChI is InChI=1S/C9H9FO2S/c10-9(5-8(11)12)3-1-7-6(9)2-4-13-7/h2,4H,1,3,5H2,(H,11,12). The third-order valence-corrected chi connectivity index (χ3v) is 3.39. The Morgan fingerprint density at radius 1 is 1.77 bits per heavy atom. The minimum absolute atomic E-state index is 0.321. The van der Waals surface area contributed by atoms with Crippen LogP contribution in [0.5, 0.6) is 0 Å². The van der Waals surface area contributed by atoms with Gasteiger partial charge in [-0.25, -0.2) is 4.39 Å². The fourth-order valence-corrected chi connectivity index (χ4v) is 2.77. The number of carboxylic acid groups (broad SMARTS) is 1. The molecule has 4 heteroatoms. The van der Waals surface area contributed by atoms with E-state index in [1.54, 1.807) is 6.07 Å². The van der Waals surface area contributed by atoms with Crippen molar-refractivity contribution in [3.63, 3.8) is 0 Å². The molecule has 2 nitrogen and oxygen atoms in total. The van der Waals surface area contributed by atoms with Crippen molar-refractivity contribution in [2.75, 3.05) is 0 Å². The third kappa shape index (κ3) is 1.35. The molecule has 1 aliphatic carbocycles. The van der Waals surface area contributed by atoms with E-state index < -0.39 is 18.1 Å². The van der Waals surface area contributed by atoms with Crippen LogP contribution in [-0.2, 0) is 16.9 Å². The zero-order valence-corrected chi connectivity index (χ0v) is 7.73. The molecule has 1 aromatic rings.